The maximum absolute atomic E-state index is 6.08. The molecule has 4 unspecified atom stereocenters. The predicted octanol–water partition coefficient (Wildman–Crippen LogP) is 2.67. The summed E-state index contributed by atoms with van der Waals surface area (Å²) in [7, 11) is 2.05. The van der Waals surface area contributed by atoms with Crippen molar-refractivity contribution in [3.05, 3.63) is 23.4 Å². The topological polar surface area (TPSA) is 50.9 Å². The Hall–Kier alpha value is -1.09. The molecule has 2 saturated carbocycles. The van der Waals surface area contributed by atoms with Crippen molar-refractivity contribution >= 4 is 5.82 Å². The van der Waals surface area contributed by atoms with Gasteiger partial charge in [0.1, 0.15) is 5.82 Å². The molecule has 0 radical (unpaired) electrons. The third kappa shape index (κ3) is 1.91. The minimum atomic E-state index is 0.382. The summed E-state index contributed by atoms with van der Waals surface area (Å²) in [6.07, 6.45) is 7.50. The van der Waals surface area contributed by atoms with Crippen LogP contribution in [0.15, 0.2) is 12.3 Å². The van der Waals surface area contributed by atoms with Crippen LogP contribution in [0.5, 0.6) is 0 Å². The van der Waals surface area contributed by atoms with Crippen LogP contribution in [0.4, 0.5) is 5.82 Å². The fourth-order valence-corrected chi connectivity index (χ4v) is 4.15. The molecule has 1 heterocycles. The highest BCUT2D eigenvalue weighted by Gasteiger charge is 2.43. The molecule has 3 heteroatoms. The molecule has 4 atom stereocenters. The maximum atomic E-state index is 6.08. The lowest BCUT2D eigenvalue weighted by Gasteiger charge is -2.31. The molecule has 2 aliphatic rings. The van der Waals surface area contributed by atoms with Crippen LogP contribution in [-0.2, 0) is 0 Å². The lowest BCUT2D eigenvalue weighted by molar-refractivity contribution is 0.260. The van der Waals surface area contributed by atoms with Gasteiger partial charge in [0.05, 0.1) is 0 Å². The van der Waals surface area contributed by atoms with Gasteiger partial charge in [0.2, 0.25) is 0 Å². The largest absolute Gasteiger partial charge is 0.383 e. The van der Waals surface area contributed by atoms with Crippen molar-refractivity contribution in [2.45, 2.75) is 38.6 Å². The molecule has 3 N–H and O–H groups in total. The van der Waals surface area contributed by atoms with E-state index in [1.807, 2.05) is 6.20 Å². The molecule has 2 fully saturated rings. The zero-order valence-corrected chi connectivity index (χ0v) is 11.3. The van der Waals surface area contributed by atoms with Gasteiger partial charge in [-0.3, -0.25) is 0 Å². The lowest BCUT2D eigenvalue weighted by atomic mass is 9.80. The van der Waals surface area contributed by atoms with E-state index in [-0.39, 0.29) is 0 Å². The van der Waals surface area contributed by atoms with Crippen LogP contribution >= 0.6 is 0 Å². The molecular formula is C15H23N3. The highest BCUT2D eigenvalue weighted by atomic mass is 14.9. The van der Waals surface area contributed by atoms with Crippen molar-refractivity contribution in [1.82, 2.24) is 10.3 Å². The Kier molecular flexibility index (Phi) is 3.02. The van der Waals surface area contributed by atoms with Crippen molar-refractivity contribution in [1.29, 1.82) is 0 Å². The Morgan fingerprint density at radius 1 is 1.39 bits per heavy atom. The highest BCUT2D eigenvalue weighted by molar-refractivity contribution is 5.43. The van der Waals surface area contributed by atoms with Gasteiger partial charge >= 0.3 is 0 Å². The number of nitrogens with two attached hydrogens (primary N) is 1. The number of nitrogens with one attached hydrogen (secondary N) is 1. The molecule has 0 spiro atoms. The third-order valence-electron chi connectivity index (χ3n) is 4.95. The number of anilines is 1. The molecule has 2 aliphatic carbocycles. The second-order valence-corrected chi connectivity index (χ2v) is 6.09. The fourth-order valence-electron chi connectivity index (χ4n) is 4.15. The first-order valence-corrected chi connectivity index (χ1v) is 7.08. The minimum absolute atomic E-state index is 0.382. The Bertz CT molecular complexity index is 443. The van der Waals surface area contributed by atoms with Gasteiger partial charge < -0.3 is 11.1 Å². The first kappa shape index (κ1) is 12.0. The monoisotopic (exact) mass is 245 g/mol. The normalized spacial score (nSPS) is 31.8. The van der Waals surface area contributed by atoms with Crippen molar-refractivity contribution in [3.63, 3.8) is 0 Å². The zero-order chi connectivity index (χ0) is 12.7. The van der Waals surface area contributed by atoms with Crippen LogP contribution in [0.1, 0.15) is 42.9 Å². The standard InChI is InChI=1S/C15H23N3/c1-9-5-13(15(16)18-8-9)14(17-2)12-7-10-3-4-11(12)6-10/h5,8,10-12,14,17H,3-4,6-7H2,1-2H3,(H2,16,18). The molecule has 0 aromatic carbocycles. The average molecular weight is 245 g/mol. The maximum Gasteiger partial charge on any atom is 0.128 e. The number of hydrogen-bond acceptors (Lipinski definition) is 3. The van der Waals surface area contributed by atoms with Crippen molar-refractivity contribution in [3.8, 4) is 0 Å². The molecule has 0 amide bonds. The summed E-state index contributed by atoms with van der Waals surface area (Å²) < 4.78 is 0. The van der Waals surface area contributed by atoms with Gasteiger partial charge in [0, 0.05) is 17.8 Å². The zero-order valence-electron chi connectivity index (χ0n) is 11.3. The third-order valence-corrected chi connectivity index (χ3v) is 4.95. The highest BCUT2D eigenvalue weighted by Crippen LogP contribution is 2.52. The molecule has 2 bridgehead atoms. The van der Waals surface area contributed by atoms with E-state index >= 15 is 0 Å². The number of nitrogen functional groups attached to an aromatic ring is 1. The Morgan fingerprint density at radius 2 is 2.22 bits per heavy atom. The van der Waals surface area contributed by atoms with Crippen LogP contribution in [-0.4, -0.2) is 12.0 Å². The number of hydrogen-bond donors (Lipinski definition) is 2. The van der Waals surface area contributed by atoms with E-state index in [0.29, 0.717) is 11.9 Å². The number of nitrogens with zero attached hydrogens (tertiary/aromatic N) is 1. The first-order valence-electron chi connectivity index (χ1n) is 7.08. The lowest BCUT2D eigenvalue weighted by Crippen LogP contribution is -2.30. The van der Waals surface area contributed by atoms with E-state index in [0.717, 1.165) is 17.8 Å². The molecule has 0 aliphatic heterocycles. The summed E-state index contributed by atoms with van der Waals surface area (Å²) >= 11 is 0. The van der Waals surface area contributed by atoms with Gasteiger partial charge in [-0.15, -0.1) is 0 Å². The van der Waals surface area contributed by atoms with E-state index in [2.05, 4.69) is 30.3 Å². The fraction of sp³-hybridized carbons (Fsp3) is 0.667. The Balaban J connectivity index is 1.90. The van der Waals surface area contributed by atoms with Gasteiger partial charge in [-0.25, -0.2) is 4.98 Å². The van der Waals surface area contributed by atoms with Crippen molar-refractivity contribution in [2.75, 3.05) is 12.8 Å². The molecule has 3 nitrogen and oxygen atoms in total. The van der Waals surface area contributed by atoms with E-state index in [4.69, 9.17) is 5.73 Å². The summed E-state index contributed by atoms with van der Waals surface area (Å²) in [5, 5.41) is 3.49. The Morgan fingerprint density at radius 3 is 2.83 bits per heavy atom. The van der Waals surface area contributed by atoms with Crippen LogP contribution < -0.4 is 11.1 Å². The van der Waals surface area contributed by atoms with Crippen molar-refractivity contribution < 1.29 is 0 Å². The first-order chi connectivity index (χ1) is 8.69. The van der Waals surface area contributed by atoms with E-state index in [9.17, 15) is 0 Å². The van der Waals surface area contributed by atoms with Gasteiger partial charge in [-0.1, -0.05) is 6.42 Å². The van der Waals surface area contributed by atoms with Gasteiger partial charge in [0.25, 0.3) is 0 Å². The van der Waals surface area contributed by atoms with Gasteiger partial charge in [0.15, 0.2) is 0 Å². The molecule has 98 valence electrons. The summed E-state index contributed by atoms with van der Waals surface area (Å²) in [4.78, 5) is 4.32. The molecule has 3 rings (SSSR count). The van der Waals surface area contributed by atoms with Gasteiger partial charge in [-0.05, 0) is 62.6 Å². The molecule has 1 aromatic heterocycles. The predicted molar refractivity (Wildman–Crippen MR) is 74.1 cm³/mol. The average Bonchev–Trinajstić information content (AvgIpc) is 2.97. The minimum Gasteiger partial charge on any atom is -0.383 e. The summed E-state index contributed by atoms with van der Waals surface area (Å²) in [6, 6.07) is 2.59. The second kappa shape index (κ2) is 4.54. The Labute approximate surface area is 109 Å². The summed E-state index contributed by atoms with van der Waals surface area (Å²) in [5.74, 6) is 3.31. The number of aromatic nitrogens is 1. The number of rotatable bonds is 3. The quantitative estimate of drug-likeness (QED) is 0.860. The number of fused-ring (bicyclic) bond motifs is 2. The van der Waals surface area contributed by atoms with Crippen LogP contribution in [0.3, 0.4) is 0 Å². The summed E-state index contributed by atoms with van der Waals surface area (Å²) in [6.45, 7) is 2.09. The van der Waals surface area contributed by atoms with Crippen LogP contribution in [0.2, 0.25) is 0 Å². The van der Waals surface area contributed by atoms with Gasteiger partial charge in [-0.2, -0.15) is 0 Å². The second-order valence-electron chi connectivity index (χ2n) is 6.09. The number of aryl methyl sites for hydroxylation is 1. The molecular weight excluding hydrogens is 222 g/mol. The molecule has 0 saturated heterocycles. The van der Waals surface area contributed by atoms with E-state index in [1.165, 1.54) is 36.8 Å². The van der Waals surface area contributed by atoms with Crippen LogP contribution in [0.25, 0.3) is 0 Å². The van der Waals surface area contributed by atoms with E-state index < -0.39 is 0 Å². The number of pyridine rings is 1. The SMILES string of the molecule is CNC(c1cc(C)cnc1N)C1CC2CCC1C2. The van der Waals surface area contributed by atoms with E-state index in [1.54, 1.807) is 0 Å². The summed E-state index contributed by atoms with van der Waals surface area (Å²) in [5.41, 5.74) is 8.48. The van der Waals surface area contributed by atoms with Crippen molar-refractivity contribution in [2.24, 2.45) is 17.8 Å². The van der Waals surface area contributed by atoms with Crippen LogP contribution in [0, 0.1) is 24.7 Å². The molecule has 18 heavy (non-hydrogen) atoms. The smallest absolute Gasteiger partial charge is 0.128 e. The molecule has 1 aromatic rings.